The molecule has 0 saturated heterocycles. The molecule has 2 nitrogen and oxygen atoms in total. The molecule has 1 unspecified atom stereocenters. The van der Waals surface area contributed by atoms with Crippen LogP contribution in [0.25, 0.3) is 0 Å². The molecule has 0 aliphatic carbocycles. The normalized spacial score (nSPS) is 15.5. The minimum absolute atomic E-state index is 0.360. The fourth-order valence-electron chi connectivity index (χ4n) is 2.34. The molecule has 0 aromatic heterocycles. The van der Waals surface area contributed by atoms with Crippen molar-refractivity contribution in [2.75, 3.05) is 6.79 Å². The van der Waals surface area contributed by atoms with Gasteiger partial charge in [0.25, 0.3) is 0 Å². The van der Waals surface area contributed by atoms with E-state index in [0.29, 0.717) is 18.6 Å². The monoisotopic (exact) mass is 220 g/mol. The maximum Gasteiger partial charge on any atom is 0.231 e. The van der Waals surface area contributed by atoms with Crippen LogP contribution in [0.1, 0.15) is 45.1 Å². The number of ether oxygens (including phenoxy) is 2. The summed E-state index contributed by atoms with van der Waals surface area (Å²) in [5.41, 5.74) is 1.38. The molecule has 1 heterocycles. The molecule has 1 aromatic rings. The number of rotatable bonds is 4. The first-order chi connectivity index (χ1) is 7.72. The van der Waals surface area contributed by atoms with Crippen LogP contribution < -0.4 is 9.47 Å². The highest BCUT2D eigenvalue weighted by atomic mass is 16.7. The Kier molecular flexibility index (Phi) is 3.37. The average Bonchev–Trinajstić information content (AvgIpc) is 2.72. The van der Waals surface area contributed by atoms with Gasteiger partial charge >= 0.3 is 0 Å². The van der Waals surface area contributed by atoms with Crippen molar-refractivity contribution in [3.05, 3.63) is 23.8 Å². The maximum atomic E-state index is 5.42. The summed E-state index contributed by atoms with van der Waals surface area (Å²) in [7, 11) is 0. The first-order valence-electron chi connectivity index (χ1n) is 6.12. The molecular formula is C14H20O2. The molecule has 1 aliphatic rings. The Bertz CT molecular complexity index is 358. The minimum Gasteiger partial charge on any atom is -0.454 e. The van der Waals surface area contributed by atoms with Gasteiger partial charge in [-0.1, -0.05) is 33.3 Å². The topological polar surface area (TPSA) is 18.5 Å². The lowest BCUT2D eigenvalue weighted by molar-refractivity contribution is 0.174. The van der Waals surface area contributed by atoms with E-state index in [2.05, 4.69) is 32.9 Å². The highest BCUT2D eigenvalue weighted by Gasteiger charge is 2.19. The van der Waals surface area contributed by atoms with Gasteiger partial charge in [-0.25, -0.2) is 0 Å². The highest BCUT2D eigenvalue weighted by molar-refractivity contribution is 5.45. The van der Waals surface area contributed by atoms with Crippen LogP contribution in [0, 0.1) is 5.92 Å². The Balaban J connectivity index is 2.24. The van der Waals surface area contributed by atoms with Crippen molar-refractivity contribution >= 4 is 0 Å². The van der Waals surface area contributed by atoms with Crippen LogP contribution in [0.15, 0.2) is 18.2 Å². The van der Waals surface area contributed by atoms with Gasteiger partial charge in [0.15, 0.2) is 11.5 Å². The van der Waals surface area contributed by atoms with Crippen LogP contribution in [-0.4, -0.2) is 6.79 Å². The lowest BCUT2D eigenvalue weighted by Crippen LogP contribution is -2.06. The Morgan fingerprint density at radius 3 is 2.62 bits per heavy atom. The summed E-state index contributed by atoms with van der Waals surface area (Å²) in [4.78, 5) is 0. The van der Waals surface area contributed by atoms with E-state index in [9.17, 15) is 0 Å². The van der Waals surface area contributed by atoms with Gasteiger partial charge in [-0.05, 0) is 36.0 Å². The highest BCUT2D eigenvalue weighted by Crippen LogP contribution is 2.37. The molecule has 16 heavy (non-hydrogen) atoms. The van der Waals surface area contributed by atoms with Crippen LogP contribution in [-0.2, 0) is 0 Å². The Hall–Kier alpha value is -1.18. The molecule has 0 radical (unpaired) electrons. The van der Waals surface area contributed by atoms with Crippen molar-refractivity contribution < 1.29 is 9.47 Å². The van der Waals surface area contributed by atoms with Crippen molar-refractivity contribution in [3.63, 3.8) is 0 Å². The third-order valence-corrected chi connectivity index (χ3v) is 3.23. The van der Waals surface area contributed by atoms with E-state index in [1.807, 2.05) is 6.07 Å². The summed E-state index contributed by atoms with van der Waals surface area (Å²) in [6, 6.07) is 6.35. The lowest BCUT2D eigenvalue weighted by Gasteiger charge is -2.20. The molecule has 2 heteroatoms. The number of hydrogen-bond acceptors (Lipinski definition) is 2. The van der Waals surface area contributed by atoms with Gasteiger partial charge in [-0.15, -0.1) is 0 Å². The van der Waals surface area contributed by atoms with Crippen molar-refractivity contribution in [1.82, 2.24) is 0 Å². The van der Waals surface area contributed by atoms with Crippen molar-refractivity contribution in [2.45, 2.75) is 39.5 Å². The van der Waals surface area contributed by atoms with E-state index < -0.39 is 0 Å². The standard InChI is InChI=1S/C14H20O2/c1-4-5-12(10(2)3)11-6-7-13-14(8-11)16-9-15-13/h6-8,10,12H,4-5,9H2,1-3H3. The van der Waals surface area contributed by atoms with Crippen molar-refractivity contribution in [2.24, 2.45) is 5.92 Å². The summed E-state index contributed by atoms with van der Waals surface area (Å²) < 4.78 is 10.8. The summed E-state index contributed by atoms with van der Waals surface area (Å²) in [6.07, 6.45) is 2.45. The maximum absolute atomic E-state index is 5.42. The molecule has 2 rings (SSSR count). The largest absolute Gasteiger partial charge is 0.454 e. The average molecular weight is 220 g/mol. The summed E-state index contributed by atoms with van der Waals surface area (Å²) in [6.45, 7) is 7.16. The van der Waals surface area contributed by atoms with Crippen LogP contribution in [0.5, 0.6) is 11.5 Å². The number of benzene rings is 1. The van der Waals surface area contributed by atoms with Gasteiger partial charge in [-0.2, -0.15) is 0 Å². The van der Waals surface area contributed by atoms with E-state index in [-0.39, 0.29) is 0 Å². The fraction of sp³-hybridized carbons (Fsp3) is 0.571. The van der Waals surface area contributed by atoms with Gasteiger partial charge in [-0.3, -0.25) is 0 Å². The molecule has 0 bridgehead atoms. The quantitative estimate of drug-likeness (QED) is 0.764. The molecule has 1 aliphatic heterocycles. The lowest BCUT2D eigenvalue weighted by atomic mass is 9.85. The Labute approximate surface area is 97.6 Å². The van der Waals surface area contributed by atoms with Gasteiger partial charge in [0.1, 0.15) is 0 Å². The van der Waals surface area contributed by atoms with E-state index >= 15 is 0 Å². The first kappa shape index (κ1) is 11.3. The van der Waals surface area contributed by atoms with Crippen molar-refractivity contribution in [1.29, 1.82) is 0 Å². The summed E-state index contributed by atoms with van der Waals surface area (Å²) in [5, 5.41) is 0. The van der Waals surface area contributed by atoms with Gasteiger partial charge in [0.05, 0.1) is 0 Å². The minimum atomic E-state index is 0.360. The van der Waals surface area contributed by atoms with Crippen LogP contribution in [0.2, 0.25) is 0 Å². The fourth-order valence-corrected chi connectivity index (χ4v) is 2.34. The number of fused-ring (bicyclic) bond motifs is 1. The van der Waals surface area contributed by atoms with E-state index in [0.717, 1.165) is 11.5 Å². The second-order valence-electron chi connectivity index (χ2n) is 4.75. The van der Waals surface area contributed by atoms with E-state index in [1.54, 1.807) is 0 Å². The molecule has 88 valence electrons. The van der Waals surface area contributed by atoms with Gasteiger partial charge in [0, 0.05) is 0 Å². The van der Waals surface area contributed by atoms with E-state index in [1.165, 1.54) is 18.4 Å². The van der Waals surface area contributed by atoms with Crippen LogP contribution >= 0.6 is 0 Å². The number of hydrogen-bond donors (Lipinski definition) is 0. The SMILES string of the molecule is CCCC(c1ccc2c(c1)OCO2)C(C)C. The predicted octanol–water partition coefficient (Wildman–Crippen LogP) is 3.96. The predicted molar refractivity (Wildman–Crippen MR) is 65.1 cm³/mol. The van der Waals surface area contributed by atoms with Crippen LogP contribution in [0.3, 0.4) is 0 Å². The Morgan fingerprint density at radius 2 is 1.94 bits per heavy atom. The van der Waals surface area contributed by atoms with Gasteiger partial charge in [0.2, 0.25) is 6.79 Å². The zero-order chi connectivity index (χ0) is 11.5. The zero-order valence-corrected chi connectivity index (χ0v) is 10.3. The van der Waals surface area contributed by atoms with E-state index in [4.69, 9.17) is 9.47 Å². The smallest absolute Gasteiger partial charge is 0.231 e. The first-order valence-corrected chi connectivity index (χ1v) is 6.12. The van der Waals surface area contributed by atoms with Gasteiger partial charge < -0.3 is 9.47 Å². The third-order valence-electron chi connectivity index (χ3n) is 3.23. The molecule has 0 saturated carbocycles. The molecule has 0 N–H and O–H groups in total. The Morgan fingerprint density at radius 1 is 1.19 bits per heavy atom. The molecule has 0 amide bonds. The molecule has 1 atom stereocenters. The van der Waals surface area contributed by atoms with Crippen molar-refractivity contribution in [3.8, 4) is 11.5 Å². The third kappa shape index (κ3) is 2.16. The second kappa shape index (κ2) is 4.77. The molecule has 0 spiro atoms. The zero-order valence-electron chi connectivity index (χ0n) is 10.3. The molecule has 1 aromatic carbocycles. The summed E-state index contributed by atoms with van der Waals surface area (Å²) in [5.74, 6) is 3.07. The second-order valence-corrected chi connectivity index (χ2v) is 4.75. The molecule has 0 fully saturated rings. The summed E-state index contributed by atoms with van der Waals surface area (Å²) >= 11 is 0. The molecular weight excluding hydrogens is 200 g/mol. The van der Waals surface area contributed by atoms with Crippen LogP contribution in [0.4, 0.5) is 0 Å².